The van der Waals surface area contributed by atoms with Crippen molar-refractivity contribution >= 4 is 5.97 Å². The van der Waals surface area contributed by atoms with Crippen LogP contribution < -0.4 is 11.5 Å². The van der Waals surface area contributed by atoms with E-state index in [1.54, 1.807) is 0 Å². The topological polar surface area (TPSA) is 78.3 Å². The molecule has 0 saturated heterocycles. The molecular weight excluding hydrogens is 324 g/mol. The first kappa shape index (κ1) is 25.1. The molecule has 26 heavy (non-hydrogen) atoms. The van der Waals surface area contributed by atoms with Crippen LogP contribution in [0, 0.1) is 0 Å². The Kier molecular flexibility index (Phi) is 19.8. The molecule has 0 aliphatic heterocycles. The van der Waals surface area contributed by atoms with Crippen LogP contribution in [0.5, 0.6) is 0 Å². The summed E-state index contributed by atoms with van der Waals surface area (Å²) in [6.07, 6.45) is 22.3. The van der Waals surface area contributed by atoms with Crippen molar-refractivity contribution in [1.29, 1.82) is 0 Å². The third kappa shape index (κ3) is 19.5. The Labute approximate surface area is 162 Å². The summed E-state index contributed by atoms with van der Waals surface area (Å²) in [4.78, 5) is 11.5. The highest BCUT2D eigenvalue weighted by molar-refractivity contribution is 5.69. The first-order valence-electron chi connectivity index (χ1n) is 11.0. The van der Waals surface area contributed by atoms with Gasteiger partial charge in [-0.3, -0.25) is 4.79 Å². The molecule has 0 aliphatic carbocycles. The van der Waals surface area contributed by atoms with E-state index in [1.807, 2.05) is 0 Å². The number of unbranched alkanes of at least 4 members (excludes halogenated alkanes) is 11. The van der Waals surface area contributed by atoms with Crippen LogP contribution in [-0.4, -0.2) is 25.2 Å². The summed E-state index contributed by atoms with van der Waals surface area (Å²) >= 11 is 0. The molecule has 0 aromatic heterocycles. The van der Waals surface area contributed by atoms with E-state index in [0.29, 0.717) is 26.0 Å². The highest BCUT2D eigenvalue weighted by atomic mass is 16.5. The summed E-state index contributed by atoms with van der Waals surface area (Å²) < 4.78 is 5.15. The zero-order valence-electron chi connectivity index (χ0n) is 17.2. The Bertz CT molecular complexity index is 332. The average Bonchev–Trinajstić information content (AvgIpc) is 2.64. The minimum atomic E-state index is -0.105. The van der Waals surface area contributed by atoms with Crippen molar-refractivity contribution < 1.29 is 9.53 Å². The van der Waals surface area contributed by atoms with Crippen molar-refractivity contribution in [2.45, 2.75) is 109 Å². The molecule has 0 aromatic carbocycles. The average molecular weight is 369 g/mol. The van der Waals surface area contributed by atoms with Crippen LogP contribution in [0.1, 0.15) is 103 Å². The van der Waals surface area contributed by atoms with Gasteiger partial charge in [0.25, 0.3) is 0 Å². The molecule has 4 N–H and O–H groups in total. The monoisotopic (exact) mass is 368 g/mol. The molecule has 0 aromatic rings. The molecule has 4 nitrogen and oxygen atoms in total. The number of esters is 1. The molecule has 0 rings (SSSR count). The maximum Gasteiger partial charge on any atom is 0.305 e. The molecule has 154 valence electrons. The number of nitrogens with two attached hydrogens (primary N) is 2. The number of allylic oxidation sites excluding steroid dienone is 2. The van der Waals surface area contributed by atoms with E-state index in [1.165, 1.54) is 70.6 Å². The molecule has 0 fully saturated rings. The second-order valence-electron chi connectivity index (χ2n) is 7.34. The van der Waals surface area contributed by atoms with Crippen molar-refractivity contribution in [3.63, 3.8) is 0 Å². The highest BCUT2D eigenvalue weighted by Crippen LogP contribution is 2.10. The van der Waals surface area contributed by atoms with Crippen LogP contribution in [-0.2, 0) is 9.53 Å². The molecule has 1 unspecified atom stereocenters. The van der Waals surface area contributed by atoms with Crippen molar-refractivity contribution in [1.82, 2.24) is 0 Å². The van der Waals surface area contributed by atoms with Gasteiger partial charge >= 0.3 is 5.97 Å². The van der Waals surface area contributed by atoms with Gasteiger partial charge in [-0.2, -0.15) is 0 Å². The second-order valence-corrected chi connectivity index (χ2v) is 7.34. The van der Waals surface area contributed by atoms with Gasteiger partial charge in [0.15, 0.2) is 0 Å². The Morgan fingerprint density at radius 3 is 2.00 bits per heavy atom. The Hall–Kier alpha value is -0.870. The molecule has 1 atom stereocenters. The number of ether oxygens (including phenoxy) is 1. The molecule has 0 radical (unpaired) electrons. The third-order valence-electron chi connectivity index (χ3n) is 4.70. The number of rotatable bonds is 19. The van der Waals surface area contributed by atoms with Crippen LogP contribution in [0.4, 0.5) is 0 Å². The van der Waals surface area contributed by atoms with Crippen LogP contribution in [0.15, 0.2) is 12.2 Å². The van der Waals surface area contributed by atoms with Gasteiger partial charge < -0.3 is 16.2 Å². The first-order valence-corrected chi connectivity index (χ1v) is 11.0. The minimum Gasteiger partial charge on any atom is -0.466 e. The van der Waals surface area contributed by atoms with Gasteiger partial charge in [-0.15, -0.1) is 0 Å². The summed E-state index contributed by atoms with van der Waals surface area (Å²) in [6.45, 7) is 3.09. The summed E-state index contributed by atoms with van der Waals surface area (Å²) in [6, 6.07) is -0.0670. The van der Waals surface area contributed by atoms with E-state index in [4.69, 9.17) is 16.2 Å². The molecule has 4 heteroatoms. The summed E-state index contributed by atoms with van der Waals surface area (Å²) in [5, 5.41) is 0. The Morgan fingerprint density at radius 1 is 0.885 bits per heavy atom. The van der Waals surface area contributed by atoms with Crippen molar-refractivity contribution in [2.24, 2.45) is 11.5 Å². The van der Waals surface area contributed by atoms with Crippen molar-refractivity contribution in [3.05, 3.63) is 12.2 Å². The maximum atomic E-state index is 11.5. The van der Waals surface area contributed by atoms with Crippen molar-refractivity contribution in [3.8, 4) is 0 Å². The van der Waals surface area contributed by atoms with E-state index in [2.05, 4.69) is 19.1 Å². The smallest absolute Gasteiger partial charge is 0.305 e. The normalized spacial score (nSPS) is 12.6. The quantitative estimate of drug-likeness (QED) is 0.185. The number of carbonyl (C=O) groups excluding carboxylic acids is 1. The zero-order chi connectivity index (χ0) is 19.3. The van der Waals surface area contributed by atoms with Gasteiger partial charge in [-0.05, 0) is 38.5 Å². The van der Waals surface area contributed by atoms with Gasteiger partial charge in [-0.1, -0.05) is 70.4 Å². The van der Waals surface area contributed by atoms with Crippen molar-refractivity contribution in [2.75, 3.05) is 13.2 Å². The van der Waals surface area contributed by atoms with E-state index >= 15 is 0 Å². The zero-order valence-corrected chi connectivity index (χ0v) is 17.2. The van der Waals surface area contributed by atoms with E-state index in [-0.39, 0.29) is 12.0 Å². The fraction of sp³-hybridized carbons (Fsp3) is 0.864. The molecule has 0 aliphatic rings. The third-order valence-corrected chi connectivity index (χ3v) is 4.70. The van der Waals surface area contributed by atoms with Gasteiger partial charge in [0.1, 0.15) is 0 Å². The summed E-state index contributed by atoms with van der Waals surface area (Å²) in [5.41, 5.74) is 11.1. The molecule has 0 bridgehead atoms. The molecule has 0 spiro atoms. The number of carbonyl (C=O) groups is 1. The number of hydrogen-bond acceptors (Lipinski definition) is 4. The summed E-state index contributed by atoms with van der Waals surface area (Å²) in [7, 11) is 0. The second kappa shape index (κ2) is 20.4. The Balaban J connectivity index is 3.23. The fourth-order valence-corrected chi connectivity index (χ4v) is 2.85. The molecule has 0 saturated carbocycles. The lowest BCUT2D eigenvalue weighted by molar-refractivity contribution is -0.143. The fourth-order valence-electron chi connectivity index (χ4n) is 2.85. The van der Waals surface area contributed by atoms with Crippen LogP contribution in [0.25, 0.3) is 0 Å². The van der Waals surface area contributed by atoms with Gasteiger partial charge in [0, 0.05) is 19.0 Å². The highest BCUT2D eigenvalue weighted by Gasteiger charge is 2.04. The standard InChI is InChI=1S/C22H44N2O2/c1-2-3-4-5-6-7-8-9-10-11-12-13-14-15-16-17-22(25)26-19-18-21(24)20-23/h9-10,21H,2-8,11-20,23-24H2,1H3/b10-9-. The molecule has 0 amide bonds. The Morgan fingerprint density at radius 2 is 1.42 bits per heavy atom. The number of hydrogen-bond donors (Lipinski definition) is 2. The van der Waals surface area contributed by atoms with E-state index in [0.717, 1.165) is 12.8 Å². The lowest BCUT2D eigenvalue weighted by Gasteiger charge is -2.09. The summed E-state index contributed by atoms with van der Waals surface area (Å²) in [5.74, 6) is -0.105. The van der Waals surface area contributed by atoms with E-state index in [9.17, 15) is 4.79 Å². The predicted molar refractivity (Wildman–Crippen MR) is 112 cm³/mol. The minimum absolute atomic E-state index is 0.0670. The predicted octanol–water partition coefficient (Wildman–Crippen LogP) is 5.24. The lowest BCUT2D eigenvalue weighted by Crippen LogP contribution is -2.31. The van der Waals surface area contributed by atoms with Crippen LogP contribution in [0.2, 0.25) is 0 Å². The first-order chi connectivity index (χ1) is 12.7. The van der Waals surface area contributed by atoms with Gasteiger partial charge in [0.2, 0.25) is 0 Å². The molecule has 0 heterocycles. The maximum absolute atomic E-state index is 11.5. The van der Waals surface area contributed by atoms with Crippen LogP contribution in [0.3, 0.4) is 0 Å². The molecular formula is C22H44N2O2. The van der Waals surface area contributed by atoms with Gasteiger partial charge in [-0.25, -0.2) is 0 Å². The van der Waals surface area contributed by atoms with Crippen LogP contribution >= 0.6 is 0 Å². The van der Waals surface area contributed by atoms with E-state index < -0.39 is 0 Å². The van der Waals surface area contributed by atoms with Gasteiger partial charge in [0.05, 0.1) is 6.61 Å². The lowest BCUT2D eigenvalue weighted by atomic mass is 10.1. The SMILES string of the molecule is CCCCCCCC/C=C\CCCCCCCC(=O)OCCC(N)CN. The largest absolute Gasteiger partial charge is 0.466 e.